The third-order valence-electron chi connectivity index (χ3n) is 9.18. The molecule has 0 saturated heterocycles. The quantitative estimate of drug-likeness (QED) is 0.147. The van der Waals surface area contributed by atoms with Gasteiger partial charge in [-0.1, -0.05) is 115 Å². The zero-order chi connectivity index (χ0) is 30.0. The average molecular weight is 594 g/mol. The Morgan fingerprint density at radius 3 is 1.62 bits per heavy atom. The number of hydrogen-bond donors (Lipinski definition) is 0. The molecule has 45 heavy (non-hydrogen) atoms. The molecule has 0 atom stereocenters. The van der Waals surface area contributed by atoms with Crippen molar-refractivity contribution in [2.45, 2.75) is 0 Å². The van der Waals surface area contributed by atoms with Gasteiger partial charge in [0.05, 0.1) is 16.7 Å². The number of hydrogen-bond acceptors (Lipinski definition) is 1. The maximum Gasteiger partial charge on any atom is 0.171 e. The van der Waals surface area contributed by atoms with Gasteiger partial charge in [0.2, 0.25) is 0 Å². The minimum atomic E-state index is -3.12. The van der Waals surface area contributed by atoms with Crippen LogP contribution in [0.4, 0.5) is 0 Å². The van der Waals surface area contributed by atoms with Crippen molar-refractivity contribution in [3.8, 4) is 5.69 Å². The smallest absolute Gasteiger partial charge is 0.171 e. The number of aromatic nitrogens is 1. The normalized spacial score (nSPS) is 12.1. The first-order valence-electron chi connectivity index (χ1n) is 15.3. The molecule has 0 amide bonds. The van der Waals surface area contributed by atoms with Crippen molar-refractivity contribution in [2.24, 2.45) is 0 Å². The highest BCUT2D eigenvalue weighted by molar-refractivity contribution is 7.85. The van der Waals surface area contributed by atoms with Crippen molar-refractivity contribution < 1.29 is 4.57 Å². The molecule has 0 spiro atoms. The van der Waals surface area contributed by atoms with Crippen molar-refractivity contribution in [2.75, 3.05) is 0 Å². The van der Waals surface area contributed by atoms with Gasteiger partial charge in [-0.2, -0.15) is 0 Å². The summed E-state index contributed by atoms with van der Waals surface area (Å²) in [6.45, 7) is 0. The first kappa shape index (κ1) is 26.0. The van der Waals surface area contributed by atoms with E-state index in [-0.39, 0.29) is 0 Å². The minimum absolute atomic E-state index is 0.839. The summed E-state index contributed by atoms with van der Waals surface area (Å²) in [4.78, 5) is 0. The van der Waals surface area contributed by atoms with Gasteiger partial charge in [0.25, 0.3) is 0 Å². The molecule has 0 aliphatic heterocycles. The van der Waals surface area contributed by atoms with Gasteiger partial charge < -0.3 is 9.13 Å². The lowest BCUT2D eigenvalue weighted by Gasteiger charge is -2.20. The molecule has 0 N–H and O–H groups in total. The van der Waals surface area contributed by atoms with Gasteiger partial charge in [0.1, 0.15) is 0 Å². The summed E-state index contributed by atoms with van der Waals surface area (Å²) < 4.78 is 17.6. The minimum Gasteiger partial charge on any atom is -0.309 e. The molecule has 0 radical (unpaired) electrons. The van der Waals surface area contributed by atoms with E-state index < -0.39 is 7.14 Å². The molecule has 0 unspecified atom stereocenters. The van der Waals surface area contributed by atoms with Gasteiger partial charge in [-0.25, -0.2) is 0 Å². The predicted octanol–water partition coefficient (Wildman–Crippen LogP) is 9.88. The van der Waals surface area contributed by atoms with Gasteiger partial charge in [0.15, 0.2) is 7.14 Å². The summed E-state index contributed by atoms with van der Waals surface area (Å²) in [6.07, 6.45) is 0. The van der Waals surface area contributed by atoms with Crippen LogP contribution in [0.3, 0.4) is 0 Å². The van der Waals surface area contributed by atoms with Crippen molar-refractivity contribution in [3.05, 3.63) is 170 Å². The lowest BCUT2D eigenvalue weighted by molar-refractivity contribution is 0.592. The van der Waals surface area contributed by atoms with Crippen LogP contribution >= 0.6 is 7.14 Å². The van der Waals surface area contributed by atoms with Crippen molar-refractivity contribution in [3.63, 3.8) is 0 Å². The van der Waals surface area contributed by atoms with Gasteiger partial charge in [0, 0.05) is 32.1 Å². The average Bonchev–Trinajstić information content (AvgIpc) is 3.43. The second kappa shape index (κ2) is 10.1. The Morgan fingerprint density at radius 1 is 0.356 bits per heavy atom. The number of fused-ring (bicyclic) bond motifs is 6. The Bertz CT molecular complexity index is 2580. The van der Waals surface area contributed by atoms with Gasteiger partial charge in [-0.05, 0) is 81.5 Å². The molecule has 9 aromatic rings. The summed E-state index contributed by atoms with van der Waals surface area (Å²) in [5.74, 6) is 0. The molecule has 8 aromatic carbocycles. The second-order valence-corrected chi connectivity index (χ2v) is 14.5. The van der Waals surface area contributed by atoms with Crippen LogP contribution in [-0.4, -0.2) is 4.57 Å². The zero-order valence-corrected chi connectivity index (χ0v) is 25.4. The highest BCUT2D eigenvalue weighted by atomic mass is 31.2. The fourth-order valence-electron chi connectivity index (χ4n) is 7.04. The van der Waals surface area contributed by atoms with Crippen molar-refractivity contribution >= 4 is 77.2 Å². The van der Waals surface area contributed by atoms with Crippen LogP contribution in [-0.2, 0) is 4.57 Å². The van der Waals surface area contributed by atoms with E-state index in [1.807, 2.05) is 60.7 Å². The summed E-state index contributed by atoms with van der Waals surface area (Å²) >= 11 is 0. The fourth-order valence-corrected chi connectivity index (χ4v) is 9.71. The van der Waals surface area contributed by atoms with Crippen LogP contribution < -0.4 is 15.9 Å². The Kier molecular flexibility index (Phi) is 5.81. The number of para-hydroxylation sites is 1. The highest BCUT2D eigenvalue weighted by Gasteiger charge is 2.30. The van der Waals surface area contributed by atoms with E-state index in [9.17, 15) is 0 Å². The van der Waals surface area contributed by atoms with Gasteiger partial charge in [-0.15, -0.1) is 0 Å². The Balaban J connectivity index is 1.32. The number of nitrogens with zero attached hydrogens (tertiary/aromatic N) is 1. The summed E-state index contributed by atoms with van der Waals surface area (Å²) in [6, 6.07) is 59.1. The Hall–Kier alpha value is -5.43. The predicted molar refractivity (Wildman–Crippen MR) is 193 cm³/mol. The molecule has 9 rings (SSSR count). The van der Waals surface area contributed by atoms with E-state index in [1.165, 1.54) is 32.3 Å². The largest absolute Gasteiger partial charge is 0.309 e. The maximum atomic E-state index is 15.3. The maximum absolute atomic E-state index is 15.3. The first-order chi connectivity index (χ1) is 22.2. The van der Waals surface area contributed by atoms with Crippen LogP contribution in [0.5, 0.6) is 0 Å². The monoisotopic (exact) mass is 593 g/mol. The van der Waals surface area contributed by atoms with Crippen LogP contribution in [0.2, 0.25) is 0 Å². The standard InChI is InChI=1S/C42H28NOP/c44-45(34-15-3-1-4-16-34,35-17-5-2-6-18-35)36-22-23-42-39(28-36)37-19-9-10-20-40(37)43(42)41-21-11-14-31-26-32-24-29-12-7-8-13-30(29)25-33(32)27-38(31)41/h1-28H. The van der Waals surface area contributed by atoms with Gasteiger partial charge >= 0.3 is 0 Å². The molecule has 1 heterocycles. The van der Waals surface area contributed by atoms with Crippen molar-refractivity contribution in [1.82, 2.24) is 4.57 Å². The molecule has 0 aliphatic rings. The van der Waals surface area contributed by atoms with Crippen LogP contribution in [0.1, 0.15) is 0 Å². The van der Waals surface area contributed by atoms with Crippen LogP contribution in [0.25, 0.3) is 59.8 Å². The molecule has 0 fully saturated rings. The van der Waals surface area contributed by atoms with E-state index in [4.69, 9.17) is 0 Å². The van der Waals surface area contributed by atoms with E-state index >= 15 is 4.57 Å². The third-order valence-corrected chi connectivity index (χ3v) is 12.2. The SMILES string of the molecule is O=P(c1ccccc1)(c1ccccc1)c1ccc2c(c1)c1ccccc1n2-c1cccc2cc3cc4ccccc4cc3cc12. The molecule has 0 saturated carbocycles. The second-order valence-electron chi connectivity index (χ2n) is 11.7. The fraction of sp³-hybridized carbons (Fsp3) is 0. The summed E-state index contributed by atoms with van der Waals surface area (Å²) in [5.41, 5.74) is 3.36. The Morgan fingerprint density at radius 2 is 0.911 bits per heavy atom. The lowest BCUT2D eigenvalue weighted by Crippen LogP contribution is -2.24. The Labute approximate surface area is 261 Å². The van der Waals surface area contributed by atoms with E-state index in [0.29, 0.717) is 0 Å². The highest BCUT2D eigenvalue weighted by Crippen LogP contribution is 2.44. The molecule has 212 valence electrons. The van der Waals surface area contributed by atoms with Crippen molar-refractivity contribution in [1.29, 1.82) is 0 Å². The van der Waals surface area contributed by atoms with E-state index in [2.05, 4.69) is 114 Å². The van der Waals surface area contributed by atoms with Crippen LogP contribution in [0, 0.1) is 0 Å². The molecule has 0 aliphatic carbocycles. The van der Waals surface area contributed by atoms with Crippen LogP contribution in [0.15, 0.2) is 170 Å². The third kappa shape index (κ3) is 4.00. The lowest BCUT2D eigenvalue weighted by atomic mass is 9.99. The first-order valence-corrected chi connectivity index (χ1v) is 17.0. The molecule has 1 aromatic heterocycles. The van der Waals surface area contributed by atoms with E-state index in [1.54, 1.807) is 0 Å². The molecular formula is C42H28NOP. The van der Waals surface area contributed by atoms with Gasteiger partial charge in [-0.3, -0.25) is 0 Å². The summed E-state index contributed by atoms with van der Waals surface area (Å²) in [7, 11) is -3.12. The zero-order valence-electron chi connectivity index (χ0n) is 24.5. The number of rotatable bonds is 4. The van der Waals surface area contributed by atoms with E-state index in [0.717, 1.165) is 43.4 Å². The molecule has 0 bridgehead atoms. The summed E-state index contributed by atoms with van der Waals surface area (Å²) in [5, 5.41) is 12.1. The molecule has 3 heteroatoms. The number of benzene rings is 8. The topological polar surface area (TPSA) is 22.0 Å². The molecule has 2 nitrogen and oxygen atoms in total. The molecular weight excluding hydrogens is 565 g/mol.